The van der Waals surface area contributed by atoms with Crippen molar-refractivity contribution in [3.8, 4) is 22.8 Å². The smallest absolute Gasteiger partial charge is 0.339 e. The standard InChI is InChI=1S/C14H14N2O4/c1-8-5-11-12(20-4-3-19-11)6-9(8)13-10(14(17)18)7-15-16(13)2/h5-7H,3-4H2,1-2H3,(H,17,18). The fourth-order valence-electron chi connectivity index (χ4n) is 2.36. The van der Waals surface area contributed by atoms with Gasteiger partial charge in [0.15, 0.2) is 11.5 Å². The summed E-state index contributed by atoms with van der Waals surface area (Å²) in [4.78, 5) is 11.3. The highest BCUT2D eigenvalue weighted by Crippen LogP contribution is 2.38. The zero-order chi connectivity index (χ0) is 14.3. The lowest BCUT2D eigenvalue weighted by atomic mass is 10.0. The summed E-state index contributed by atoms with van der Waals surface area (Å²) in [7, 11) is 1.72. The van der Waals surface area contributed by atoms with Gasteiger partial charge < -0.3 is 14.6 Å². The van der Waals surface area contributed by atoms with E-state index in [2.05, 4.69) is 5.10 Å². The van der Waals surface area contributed by atoms with Gasteiger partial charge >= 0.3 is 5.97 Å². The van der Waals surface area contributed by atoms with Crippen molar-refractivity contribution >= 4 is 5.97 Å². The maximum absolute atomic E-state index is 11.3. The lowest BCUT2D eigenvalue weighted by Crippen LogP contribution is -2.15. The summed E-state index contributed by atoms with van der Waals surface area (Å²) in [6.07, 6.45) is 1.36. The molecule has 104 valence electrons. The Morgan fingerprint density at radius 1 is 1.30 bits per heavy atom. The van der Waals surface area contributed by atoms with Crippen LogP contribution < -0.4 is 9.47 Å². The van der Waals surface area contributed by atoms with Crippen LogP contribution in [-0.2, 0) is 7.05 Å². The van der Waals surface area contributed by atoms with E-state index in [0.717, 1.165) is 11.1 Å². The van der Waals surface area contributed by atoms with Crippen molar-refractivity contribution < 1.29 is 19.4 Å². The zero-order valence-corrected chi connectivity index (χ0v) is 11.2. The number of rotatable bonds is 2. The second-order valence-corrected chi connectivity index (χ2v) is 4.65. The summed E-state index contributed by atoms with van der Waals surface area (Å²) >= 11 is 0. The lowest BCUT2D eigenvalue weighted by molar-refractivity contribution is 0.0697. The van der Waals surface area contributed by atoms with E-state index >= 15 is 0 Å². The molecule has 2 aromatic rings. The molecule has 0 atom stereocenters. The van der Waals surface area contributed by atoms with Crippen molar-refractivity contribution in [2.24, 2.45) is 7.05 Å². The van der Waals surface area contributed by atoms with Crippen molar-refractivity contribution in [3.05, 3.63) is 29.5 Å². The first-order chi connectivity index (χ1) is 9.58. The van der Waals surface area contributed by atoms with Crippen LogP contribution in [0.5, 0.6) is 11.5 Å². The van der Waals surface area contributed by atoms with E-state index in [1.54, 1.807) is 11.7 Å². The SMILES string of the molecule is Cc1cc2c(cc1-c1c(C(=O)O)cnn1C)OCCO2. The van der Waals surface area contributed by atoms with Crippen LogP contribution in [0.4, 0.5) is 0 Å². The molecule has 0 fully saturated rings. The number of carboxylic acids is 1. The highest BCUT2D eigenvalue weighted by Gasteiger charge is 2.21. The van der Waals surface area contributed by atoms with Crippen molar-refractivity contribution in [1.29, 1.82) is 0 Å². The Morgan fingerprint density at radius 2 is 1.95 bits per heavy atom. The summed E-state index contributed by atoms with van der Waals surface area (Å²) in [6, 6.07) is 3.68. The van der Waals surface area contributed by atoms with Crippen LogP contribution in [0.25, 0.3) is 11.3 Å². The number of hydrogen-bond acceptors (Lipinski definition) is 4. The number of carboxylic acid groups (broad SMARTS) is 1. The molecule has 20 heavy (non-hydrogen) atoms. The number of nitrogens with zero attached hydrogens (tertiary/aromatic N) is 2. The molecule has 1 aliphatic rings. The summed E-state index contributed by atoms with van der Waals surface area (Å²) in [5.41, 5.74) is 2.44. The molecule has 0 amide bonds. The van der Waals surface area contributed by atoms with E-state index in [1.807, 2.05) is 19.1 Å². The zero-order valence-electron chi connectivity index (χ0n) is 11.2. The minimum absolute atomic E-state index is 0.173. The van der Waals surface area contributed by atoms with E-state index in [4.69, 9.17) is 9.47 Å². The van der Waals surface area contributed by atoms with Crippen LogP contribution in [0, 0.1) is 6.92 Å². The molecular weight excluding hydrogens is 260 g/mol. The normalized spacial score (nSPS) is 13.3. The van der Waals surface area contributed by atoms with Gasteiger partial charge in [0, 0.05) is 12.6 Å². The molecule has 6 heteroatoms. The van der Waals surface area contributed by atoms with Gasteiger partial charge in [0.05, 0.1) is 11.9 Å². The number of carbonyl (C=O) groups is 1. The van der Waals surface area contributed by atoms with Crippen LogP contribution in [0.2, 0.25) is 0 Å². The average Bonchev–Trinajstić information content (AvgIpc) is 2.80. The average molecular weight is 274 g/mol. The molecule has 0 radical (unpaired) electrons. The second-order valence-electron chi connectivity index (χ2n) is 4.65. The topological polar surface area (TPSA) is 73.6 Å². The number of ether oxygens (including phenoxy) is 2. The van der Waals surface area contributed by atoms with Crippen LogP contribution in [0.15, 0.2) is 18.3 Å². The third kappa shape index (κ3) is 1.89. The minimum Gasteiger partial charge on any atom is -0.486 e. The van der Waals surface area contributed by atoms with Crippen LogP contribution in [-0.4, -0.2) is 34.1 Å². The quantitative estimate of drug-likeness (QED) is 0.904. The highest BCUT2D eigenvalue weighted by atomic mass is 16.6. The number of aryl methyl sites for hydroxylation is 2. The third-order valence-electron chi connectivity index (χ3n) is 3.31. The van der Waals surface area contributed by atoms with E-state index < -0.39 is 5.97 Å². The van der Waals surface area contributed by atoms with Gasteiger partial charge in [-0.2, -0.15) is 5.10 Å². The van der Waals surface area contributed by atoms with Gasteiger partial charge in [-0.3, -0.25) is 4.68 Å². The van der Waals surface area contributed by atoms with Crippen LogP contribution in [0.1, 0.15) is 15.9 Å². The molecule has 0 saturated carbocycles. The van der Waals surface area contributed by atoms with Crippen molar-refractivity contribution in [3.63, 3.8) is 0 Å². The van der Waals surface area contributed by atoms with Gasteiger partial charge in [-0.25, -0.2) is 4.79 Å². The number of aromatic carboxylic acids is 1. The predicted molar refractivity (Wildman–Crippen MR) is 71.3 cm³/mol. The maximum atomic E-state index is 11.3. The number of fused-ring (bicyclic) bond motifs is 1. The molecule has 0 saturated heterocycles. The molecule has 0 unspecified atom stereocenters. The lowest BCUT2D eigenvalue weighted by Gasteiger charge is -2.20. The van der Waals surface area contributed by atoms with Crippen molar-refractivity contribution in [2.75, 3.05) is 13.2 Å². The molecular formula is C14H14N2O4. The molecule has 0 aliphatic carbocycles. The van der Waals surface area contributed by atoms with Gasteiger partial charge in [0.2, 0.25) is 0 Å². The van der Waals surface area contributed by atoms with E-state index in [-0.39, 0.29) is 5.56 Å². The molecule has 1 aromatic heterocycles. The first-order valence-electron chi connectivity index (χ1n) is 6.24. The number of aromatic nitrogens is 2. The van der Waals surface area contributed by atoms with Gasteiger partial charge in [-0.15, -0.1) is 0 Å². The molecule has 1 aromatic carbocycles. The fraction of sp³-hybridized carbons (Fsp3) is 0.286. The Morgan fingerprint density at radius 3 is 2.60 bits per heavy atom. The largest absolute Gasteiger partial charge is 0.486 e. The van der Waals surface area contributed by atoms with Crippen LogP contribution >= 0.6 is 0 Å². The Bertz CT molecular complexity index is 691. The Labute approximate surface area is 115 Å². The van der Waals surface area contributed by atoms with Gasteiger partial charge in [-0.1, -0.05) is 0 Å². The molecule has 1 aliphatic heterocycles. The third-order valence-corrected chi connectivity index (χ3v) is 3.31. The molecule has 6 nitrogen and oxygen atoms in total. The second kappa shape index (κ2) is 4.56. The molecule has 0 bridgehead atoms. The first kappa shape index (κ1) is 12.5. The van der Waals surface area contributed by atoms with Crippen molar-refractivity contribution in [2.45, 2.75) is 6.92 Å². The van der Waals surface area contributed by atoms with Crippen LogP contribution in [0.3, 0.4) is 0 Å². The van der Waals surface area contributed by atoms with Gasteiger partial charge in [-0.05, 0) is 24.6 Å². The van der Waals surface area contributed by atoms with E-state index in [9.17, 15) is 9.90 Å². The highest BCUT2D eigenvalue weighted by molar-refractivity contribution is 5.95. The number of hydrogen-bond donors (Lipinski definition) is 1. The predicted octanol–water partition coefficient (Wildman–Crippen LogP) is 1.86. The van der Waals surface area contributed by atoms with Crippen molar-refractivity contribution in [1.82, 2.24) is 9.78 Å². The molecule has 0 spiro atoms. The Balaban J connectivity index is 2.20. The Kier molecular flexibility index (Phi) is 2.85. The minimum atomic E-state index is -0.998. The molecule has 3 rings (SSSR count). The summed E-state index contributed by atoms with van der Waals surface area (Å²) in [5.74, 6) is 0.327. The summed E-state index contributed by atoms with van der Waals surface area (Å²) < 4.78 is 12.6. The maximum Gasteiger partial charge on any atom is 0.339 e. The van der Waals surface area contributed by atoms with E-state index in [0.29, 0.717) is 30.4 Å². The van der Waals surface area contributed by atoms with E-state index in [1.165, 1.54) is 6.20 Å². The Hall–Kier alpha value is -2.50. The van der Waals surface area contributed by atoms with Gasteiger partial charge in [0.25, 0.3) is 0 Å². The molecule has 1 N–H and O–H groups in total. The number of benzene rings is 1. The fourth-order valence-corrected chi connectivity index (χ4v) is 2.36. The summed E-state index contributed by atoms with van der Waals surface area (Å²) in [6.45, 7) is 2.93. The molecule has 2 heterocycles. The van der Waals surface area contributed by atoms with Gasteiger partial charge in [0.1, 0.15) is 18.8 Å². The monoisotopic (exact) mass is 274 g/mol. The summed E-state index contributed by atoms with van der Waals surface area (Å²) in [5, 5.41) is 13.3. The first-order valence-corrected chi connectivity index (χ1v) is 6.24.